The largest absolute Gasteiger partial charge is 0.510 e. The van der Waals surface area contributed by atoms with Crippen LogP contribution in [-0.2, 0) is 15.2 Å². The molecule has 0 bridgehead atoms. The number of likely N-dealkylation sites (N-methyl/N-ethyl adjacent to an activating group) is 1. The highest BCUT2D eigenvalue weighted by Gasteiger charge is 2.65. The molecule has 1 aromatic rings. The molecular weight excluding hydrogens is 445 g/mol. The first-order chi connectivity index (χ1) is 14.8. The molecule has 174 valence electrons. The summed E-state index contributed by atoms with van der Waals surface area (Å²) in [7, 11) is 3.06. The molecule has 0 saturated carbocycles. The number of nitrogens with two attached hydrogens (primary N) is 1. The summed E-state index contributed by atoms with van der Waals surface area (Å²) in [6.45, 7) is 1.40. The van der Waals surface area contributed by atoms with E-state index in [0.29, 0.717) is 0 Å². The van der Waals surface area contributed by atoms with Crippen LogP contribution < -0.4 is 5.73 Å². The Hall–Kier alpha value is -2.44. The second-order valence-electron chi connectivity index (χ2n) is 8.96. The standard InChI is InChI=1S/C22H24N2O8.Mg.2H/c1-21(31)8-5-4-6-11(25)12(8)16(26)13-9(21)7-10-15(24(2)3)17(27)14(20(23)30)19(29)22(10,32)18(13)28;;;/h4-6,9-10,15,25,27-28,31-32H,7H2,1-3H3,(H2,23,30);;;/t9-,10-,15-,21+,22-;;;/m0.../s1. The van der Waals surface area contributed by atoms with E-state index in [1.54, 1.807) is 0 Å². The molecule has 7 N–H and O–H groups in total. The van der Waals surface area contributed by atoms with Crippen LogP contribution in [0.15, 0.2) is 40.9 Å². The number of benzene rings is 1. The third-order valence-corrected chi connectivity index (χ3v) is 7.02. The van der Waals surface area contributed by atoms with Gasteiger partial charge in [0.25, 0.3) is 5.91 Å². The van der Waals surface area contributed by atoms with Crippen molar-refractivity contribution in [3.63, 3.8) is 0 Å². The number of ketones is 2. The van der Waals surface area contributed by atoms with E-state index in [9.17, 15) is 39.9 Å². The Morgan fingerprint density at radius 3 is 2.30 bits per heavy atom. The van der Waals surface area contributed by atoms with E-state index < -0.39 is 75.0 Å². The zero-order valence-corrected chi connectivity index (χ0v) is 17.7. The number of hydrogen-bond donors (Lipinski definition) is 6. The number of aromatic hydroxyl groups is 1. The number of aliphatic hydroxyl groups excluding tert-OH is 2. The fourth-order valence-electron chi connectivity index (χ4n) is 5.51. The van der Waals surface area contributed by atoms with E-state index in [2.05, 4.69) is 0 Å². The SMILES string of the molecule is CN(C)[C@@H]1C(O)=C(C(N)=O)C(=O)[C@@]2(O)C(O)=C3C(=O)c4c(O)cccc4[C@@](C)(O)[C@H]3C[C@@H]12.[MgH2]. The maximum Gasteiger partial charge on any atom is 0.316 e. The molecule has 0 aromatic heterocycles. The minimum absolute atomic E-state index is 0. The number of carbonyl (C=O) groups is 3. The van der Waals surface area contributed by atoms with Crippen molar-refractivity contribution in [1.29, 1.82) is 0 Å². The summed E-state index contributed by atoms with van der Waals surface area (Å²) in [5.74, 6) is -7.89. The van der Waals surface area contributed by atoms with Crippen molar-refractivity contribution in [3.8, 4) is 5.75 Å². The second kappa shape index (κ2) is 7.81. The predicted molar refractivity (Wildman–Crippen MR) is 118 cm³/mol. The van der Waals surface area contributed by atoms with Gasteiger partial charge in [-0.1, -0.05) is 12.1 Å². The molecule has 0 spiro atoms. The number of phenolic OH excluding ortho intramolecular Hbond substituents is 1. The molecule has 0 fully saturated rings. The number of nitrogens with zero attached hydrogens (tertiary/aromatic N) is 1. The Balaban J connectivity index is 0.00000306. The fraction of sp³-hybridized carbons (Fsp3) is 0.409. The van der Waals surface area contributed by atoms with Crippen molar-refractivity contribution >= 4 is 40.5 Å². The average molecular weight is 471 g/mol. The lowest BCUT2D eigenvalue weighted by Gasteiger charge is -2.52. The summed E-state index contributed by atoms with van der Waals surface area (Å²) in [6.07, 6.45) is -0.200. The molecular formula is C22H26MgN2O8. The van der Waals surface area contributed by atoms with Gasteiger partial charge in [-0.2, -0.15) is 0 Å². The van der Waals surface area contributed by atoms with Gasteiger partial charge >= 0.3 is 23.1 Å². The van der Waals surface area contributed by atoms with Gasteiger partial charge in [0, 0.05) is 17.4 Å². The third-order valence-electron chi connectivity index (χ3n) is 7.02. The molecule has 10 nitrogen and oxygen atoms in total. The van der Waals surface area contributed by atoms with Gasteiger partial charge in [0.1, 0.15) is 22.8 Å². The molecule has 33 heavy (non-hydrogen) atoms. The Labute approximate surface area is 205 Å². The lowest BCUT2D eigenvalue weighted by Crippen LogP contribution is -2.65. The lowest BCUT2D eigenvalue weighted by atomic mass is 9.55. The number of carbonyl (C=O) groups excluding carboxylic acids is 3. The lowest BCUT2D eigenvalue weighted by molar-refractivity contribution is -0.151. The minimum atomic E-state index is -2.75. The first-order valence-electron chi connectivity index (χ1n) is 9.97. The molecule has 0 aliphatic heterocycles. The molecule has 3 aliphatic rings. The molecule has 0 radical (unpaired) electrons. The van der Waals surface area contributed by atoms with Crippen LogP contribution in [0, 0.1) is 11.8 Å². The maximum atomic E-state index is 13.3. The normalized spacial score (nSPS) is 33.3. The third kappa shape index (κ3) is 3.07. The number of hydrogen-bond acceptors (Lipinski definition) is 9. The van der Waals surface area contributed by atoms with E-state index >= 15 is 0 Å². The number of phenols is 1. The summed E-state index contributed by atoms with van der Waals surface area (Å²) < 4.78 is 0. The maximum absolute atomic E-state index is 13.3. The van der Waals surface area contributed by atoms with Crippen LogP contribution in [0.4, 0.5) is 0 Å². The number of aliphatic hydroxyl groups is 4. The highest BCUT2D eigenvalue weighted by Crippen LogP contribution is 2.56. The van der Waals surface area contributed by atoms with Crippen LogP contribution >= 0.6 is 0 Å². The Morgan fingerprint density at radius 2 is 1.76 bits per heavy atom. The van der Waals surface area contributed by atoms with Crippen LogP contribution in [-0.4, -0.2) is 96.7 Å². The first-order valence-corrected chi connectivity index (χ1v) is 9.97. The van der Waals surface area contributed by atoms with Crippen molar-refractivity contribution in [2.24, 2.45) is 17.6 Å². The monoisotopic (exact) mass is 470 g/mol. The van der Waals surface area contributed by atoms with Gasteiger partial charge in [-0.05, 0) is 39.1 Å². The summed E-state index contributed by atoms with van der Waals surface area (Å²) in [4.78, 5) is 39.9. The Bertz CT molecular complexity index is 1160. The van der Waals surface area contributed by atoms with Gasteiger partial charge < -0.3 is 31.3 Å². The summed E-state index contributed by atoms with van der Waals surface area (Å²) in [6, 6.07) is 3.05. The van der Waals surface area contributed by atoms with Gasteiger partial charge in [0.05, 0.1) is 17.2 Å². The molecule has 0 saturated heterocycles. The van der Waals surface area contributed by atoms with Gasteiger partial charge in [0.2, 0.25) is 5.78 Å². The zero-order valence-electron chi connectivity index (χ0n) is 17.7. The predicted octanol–water partition coefficient (Wildman–Crippen LogP) is -1.13. The van der Waals surface area contributed by atoms with E-state index in [0.717, 1.165) is 0 Å². The van der Waals surface area contributed by atoms with E-state index in [4.69, 9.17) is 5.73 Å². The topological polar surface area (TPSA) is 182 Å². The van der Waals surface area contributed by atoms with Gasteiger partial charge in [-0.3, -0.25) is 19.3 Å². The average Bonchev–Trinajstić information content (AvgIpc) is 2.68. The molecule has 5 atom stereocenters. The van der Waals surface area contributed by atoms with Crippen molar-refractivity contribution in [1.82, 2.24) is 4.90 Å². The molecule has 0 unspecified atom stereocenters. The first kappa shape index (κ1) is 25.2. The summed E-state index contributed by atoms with van der Waals surface area (Å²) in [5, 5.41) is 55.0. The van der Waals surface area contributed by atoms with Gasteiger partial charge in [0.15, 0.2) is 11.4 Å². The molecule has 1 amide bonds. The van der Waals surface area contributed by atoms with Crippen LogP contribution in [0.1, 0.15) is 29.3 Å². The highest BCUT2D eigenvalue weighted by molar-refractivity contribution is 6.24. The number of amides is 1. The molecule has 4 rings (SSSR count). The van der Waals surface area contributed by atoms with Crippen molar-refractivity contribution in [3.05, 3.63) is 52.0 Å². The Kier molecular flexibility index (Phi) is 5.96. The van der Waals surface area contributed by atoms with Crippen molar-refractivity contribution in [2.45, 2.75) is 30.6 Å². The van der Waals surface area contributed by atoms with Crippen molar-refractivity contribution in [2.75, 3.05) is 14.1 Å². The van der Waals surface area contributed by atoms with E-state index in [-0.39, 0.29) is 40.6 Å². The smallest absolute Gasteiger partial charge is 0.316 e. The molecule has 1 aromatic carbocycles. The number of primary amides is 1. The quantitative estimate of drug-likeness (QED) is 0.230. The molecule has 11 heteroatoms. The highest BCUT2D eigenvalue weighted by atomic mass is 24.3. The van der Waals surface area contributed by atoms with Crippen LogP contribution in [0.25, 0.3) is 0 Å². The summed E-state index contributed by atoms with van der Waals surface area (Å²) in [5.41, 5.74) is -0.654. The number of rotatable bonds is 2. The Morgan fingerprint density at radius 1 is 1.15 bits per heavy atom. The number of Topliss-reactive ketones (excluding diaryl/α,β-unsaturated/α-hetero) is 2. The van der Waals surface area contributed by atoms with Gasteiger partial charge in [-0.15, -0.1) is 0 Å². The van der Waals surface area contributed by atoms with E-state index in [1.807, 2.05) is 0 Å². The van der Waals surface area contributed by atoms with Crippen LogP contribution in [0.2, 0.25) is 0 Å². The zero-order chi connectivity index (χ0) is 23.9. The van der Waals surface area contributed by atoms with Crippen LogP contribution in [0.3, 0.4) is 0 Å². The summed E-state index contributed by atoms with van der Waals surface area (Å²) >= 11 is 0. The fourth-order valence-corrected chi connectivity index (χ4v) is 5.51. The van der Waals surface area contributed by atoms with Gasteiger partial charge in [-0.25, -0.2) is 0 Å². The van der Waals surface area contributed by atoms with Crippen molar-refractivity contribution < 1.29 is 39.9 Å². The number of fused-ring (bicyclic) bond motifs is 3. The minimum Gasteiger partial charge on any atom is -0.510 e. The van der Waals surface area contributed by atoms with Crippen LogP contribution in [0.5, 0.6) is 5.75 Å². The molecule has 3 aliphatic carbocycles. The van der Waals surface area contributed by atoms with E-state index in [1.165, 1.54) is 44.1 Å². The molecule has 0 heterocycles. The second-order valence-corrected chi connectivity index (χ2v) is 8.96.